The molecule has 3 aromatic rings. The van der Waals surface area contributed by atoms with Gasteiger partial charge in [-0.1, -0.05) is 17.7 Å². The van der Waals surface area contributed by atoms with E-state index in [2.05, 4.69) is 22.1 Å². The van der Waals surface area contributed by atoms with Crippen LogP contribution in [0.3, 0.4) is 0 Å². The topological polar surface area (TPSA) is 83.9 Å². The van der Waals surface area contributed by atoms with Crippen molar-refractivity contribution in [3.8, 4) is 5.75 Å². The maximum atomic E-state index is 11.8. The number of fused-ring (bicyclic) bond motifs is 1. The molecule has 0 spiro atoms. The summed E-state index contributed by atoms with van der Waals surface area (Å²) in [7, 11) is 2.94. The number of hydrogen-bond acceptors (Lipinski definition) is 7. The minimum absolute atomic E-state index is 0.0714. The highest BCUT2D eigenvalue weighted by atomic mass is 35.5. The number of hydrogen-bond donors (Lipinski definition) is 2. The smallest absolute Gasteiger partial charge is 0.337 e. The van der Waals surface area contributed by atoms with E-state index in [4.69, 9.17) is 21.1 Å². The number of anilines is 1. The Kier molecular flexibility index (Phi) is 9.51. The van der Waals surface area contributed by atoms with Crippen LogP contribution in [0.1, 0.15) is 35.7 Å². The zero-order valence-corrected chi connectivity index (χ0v) is 20.6. The zero-order valence-electron chi connectivity index (χ0n) is 19.9. The molecule has 7 nitrogen and oxygen atoms in total. The SMILES string of the molecule is COC(=O)c1ccc(CN(CCO)CCCC(C)Nc2ccnc3cc(Cl)ccc23)c(OC)c1. The normalized spacial score (nSPS) is 12.1. The lowest BCUT2D eigenvalue weighted by atomic mass is 10.1. The van der Waals surface area contributed by atoms with Crippen LogP contribution >= 0.6 is 11.6 Å². The van der Waals surface area contributed by atoms with E-state index < -0.39 is 5.97 Å². The average Bonchev–Trinajstić information content (AvgIpc) is 2.83. The number of pyridine rings is 1. The molecule has 2 N–H and O–H groups in total. The van der Waals surface area contributed by atoms with Gasteiger partial charge in [-0.3, -0.25) is 9.88 Å². The van der Waals surface area contributed by atoms with E-state index in [9.17, 15) is 9.90 Å². The highest BCUT2D eigenvalue weighted by Gasteiger charge is 2.14. The Morgan fingerprint density at radius 1 is 1.18 bits per heavy atom. The third-order valence-electron chi connectivity index (χ3n) is 5.74. The van der Waals surface area contributed by atoms with E-state index >= 15 is 0 Å². The fourth-order valence-corrected chi connectivity index (χ4v) is 4.14. The van der Waals surface area contributed by atoms with E-state index in [1.165, 1.54) is 7.11 Å². The summed E-state index contributed by atoms with van der Waals surface area (Å²) in [4.78, 5) is 18.4. The second-order valence-electron chi connectivity index (χ2n) is 8.23. The first-order valence-electron chi connectivity index (χ1n) is 11.3. The Morgan fingerprint density at radius 2 is 2.00 bits per heavy atom. The van der Waals surface area contributed by atoms with Gasteiger partial charge in [0.05, 0.1) is 31.9 Å². The number of aliphatic hydroxyl groups excluding tert-OH is 1. The van der Waals surface area contributed by atoms with Crippen LogP contribution in [0.5, 0.6) is 5.75 Å². The molecule has 1 unspecified atom stereocenters. The molecule has 0 aliphatic heterocycles. The molecule has 0 fully saturated rings. The number of aliphatic hydroxyl groups is 1. The van der Waals surface area contributed by atoms with Gasteiger partial charge in [-0.05, 0) is 62.7 Å². The summed E-state index contributed by atoms with van der Waals surface area (Å²) >= 11 is 6.09. The predicted octanol–water partition coefficient (Wildman–Crippen LogP) is 4.76. The number of carbonyl (C=O) groups is 1. The highest BCUT2D eigenvalue weighted by Crippen LogP contribution is 2.26. The zero-order chi connectivity index (χ0) is 24.5. The van der Waals surface area contributed by atoms with E-state index in [0.29, 0.717) is 29.4 Å². The summed E-state index contributed by atoms with van der Waals surface area (Å²) in [6.07, 6.45) is 3.69. The van der Waals surface area contributed by atoms with Gasteiger partial charge in [0.15, 0.2) is 0 Å². The van der Waals surface area contributed by atoms with Gasteiger partial charge in [-0.15, -0.1) is 0 Å². The predicted molar refractivity (Wildman–Crippen MR) is 136 cm³/mol. The quantitative estimate of drug-likeness (QED) is 0.358. The van der Waals surface area contributed by atoms with Crippen molar-refractivity contribution in [1.29, 1.82) is 0 Å². The number of benzene rings is 2. The third kappa shape index (κ3) is 6.82. The number of nitrogens with one attached hydrogen (secondary N) is 1. The molecule has 0 aliphatic carbocycles. The number of aromatic nitrogens is 1. The molecule has 0 bridgehead atoms. The molecule has 8 heteroatoms. The van der Waals surface area contributed by atoms with Gasteiger partial charge in [0.2, 0.25) is 0 Å². The molecule has 0 amide bonds. The van der Waals surface area contributed by atoms with E-state index in [-0.39, 0.29) is 12.6 Å². The van der Waals surface area contributed by atoms with Crippen molar-refractivity contribution < 1.29 is 19.4 Å². The second-order valence-corrected chi connectivity index (χ2v) is 8.66. The van der Waals surface area contributed by atoms with Crippen LogP contribution in [0.4, 0.5) is 5.69 Å². The number of halogens is 1. The number of ether oxygens (including phenoxy) is 2. The first-order chi connectivity index (χ1) is 16.4. The van der Waals surface area contributed by atoms with Crippen molar-refractivity contribution in [2.45, 2.75) is 32.4 Å². The molecule has 0 radical (unpaired) electrons. The molecule has 1 heterocycles. The largest absolute Gasteiger partial charge is 0.496 e. The summed E-state index contributed by atoms with van der Waals surface area (Å²) in [5.74, 6) is 0.231. The molecule has 2 aromatic carbocycles. The third-order valence-corrected chi connectivity index (χ3v) is 5.97. The average molecular weight is 486 g/mol. The summed E-state index contributed by atoms with van der Waals surface area (Å²) in [5.41, 5.74) is 3.31. The van der Waals surface area contributed by atoms with Crippen LogP contribution in [-0.2, 0) is 11.3 Å². The van der Waals surface area contributed by atoms with Crippen molar-refractivity contribution in [2.75, 3.05) is 39.2 Å². The number of rotatable bonds is 12. The molecule has 1 atom stereocenters. The number of carbonyl (C=O) groups excluding carboxylic acids is 1. The van der Waals surface area contributed by atoms with Crippen molar-refractivity contribution in [3.05, 3.63) is 64.8 Å². The van der Waals surface area contributed by atoms with E-state index in [1.54, 1.807) is 25.4 Å². The Balaban J connectivity index is 1.58. The minimum Gasteiger partial charge on any atom is -0.496 e. The van der Waals surface area contributed by atoms with Crippen molar-refractivity contribution in [1.82, 2.24) is 9.88 Å². The van der Waals surface area contributed by atoms with Gasteiger partial charge in [0.25, 0.3) is 0 Å². The van der Waals surface area contributed by atoms with Crippen LogP contribution in [0.15, 0.2) is 48.7 Å². The molecular weight excluding hydrogens is 454 g/mol. The molecule has 0 saturated heterocycles. The molecule has 1 aromatic heterocycles. The first-order valence-corrected chi connectivity index (χ1v) is 11.7. The Bertz CT molecular complexity index is 1110. The fourth-order valence-electron chi connectivity index (χ4n) is 3.98. The molecular formula is C26H32ClN3O4. The van der Waals surface area contributed by atoms with Gasteiger partial charge in [-0.25, -0.2) is 4.79 Å². The lowest BCUT2D eigenvalue weighted by Gasteiger charge is -2.24. The minimum atomic E-state index is -0.399. The lowest BCUT2D eigenvalue weighted by molar-refractivity contribution is 0.0600. The van der Waals surface area contributed by atoms with Crippen molar-refractivity contribution >= 4 is 34.2 Å². The standard InChI is InChI=1S/C26H32ClN3O4/c1-18(29-23-10-11-28-24-16-21(27)8-9-22(23)24)5-4-12-30(13-14-31)17-20-7-6-19(26(32)34-3)15-25(20)33-2/h6-11,15-16,18,31H,4-5,12-14,17H2,1-3H3,(H,28,29). The maximum Gasteiger partial charge on any atom is 0.337 e. The summed E-state index contributed by atoms with van der Waals surface area (Å²) in [5, 5.41) is 14.9. The van der Waals surface area contributed by atoms with Crippen molar-refractivity contribution in [2.24, 2.45) is 0 Å². The van der Waals surface area contributed by atoms with Crippen LogP contribution in [0.2, 0.25) is 5.02 Å². The summed E-state index contributed by atoms with van der Waals surface area (Å²) in [6, 6.07) is 13.3. The fraction of sp³-hybridized carbons (Fsp3) is 0.385. The molecule has 0 aliphatic rings. The molecule has 0 saturated carbocycles. The van der Waals surface area contributed by atoms with E-state index in [0.717, 1.165) is 41.5 Å². The monoisotopic (exact) mass is 485 g/mol. The van der Waals surface area contributed by atoms with Crippen LogP contribution in [0.25, 0.3) is 10.9 Å². The van der Waals surface area contributed by atoms with Gasteiger partial charge in [-0.2, -0.15) is 0 Å². The van der Waals surface area contributed by atoms with Crippen molar-refractivity contribution in [3.63, 3.8) is 0 Å². The molecule has 182 valence electrons. The van der Waals surface area contributed by atoms with Gasteiger partial charge in [0.1, 0.15) is 5.75 Å². The Morgan fingerprint density at radius 3 is 2.74 bits per heavy atom. The maximum absolute atomic E-state index is 11.8. The second kappa shape index (κ2) is 12.6. The molecule has 3 rings (SSSR count). The van der Waals surface area contributed by atoms with Gasteiger partial charge < -0.3 is 19.9 Å². The number of methoxy groups -OCH3 is 2. The summed E-state index contributed by atoms with van der Waals surface area (Å²) < 4.78 is 10.3. The Hall–Kier alpha value is -2.87. The molecule has 34 heavy (non-hydrogen) atoms. The summed E-state index contributed by atoms with van der Waals surface area (Å²) in [6.45, 7) is 4.22. The number of nitrogens with zero attached hydrogens (tertiary/aromatic N) is 2. The van der Waals surface area contributed by atoms with E-state index in [1.807, 2.05) is 30.3 Å². The van der Waals surface area contributed by atoms with Crippen LogP contribution in [-0.4, -0.2) is 60.9 Å². The lowest BCUT2D eigenvalue weighted by Crippen LogP contribution is -2.29. The van der Waals surface area contributed by atoms with Gasteiger partial charge in [0, 0.05) is 47.0 Å². The van der Waals surface area contributed by atoms with Gasteiger partial charge >= 0.3 is 5.97 Å². The highest BCUT2D eigenvalue weighted by molar-refractivity contribution is 6.31. The van der Waals surface area contributed by atoms with Crippen LogP contribution in [0, 0.1) is 0 Å². The van der Waals surface area contributed by atoms with Crippen LogP contribution < -0.4 is 10.1 Å². The Labute approximate surface area is 205 Å². The first kappa shape index (κ1) is 25.7. The number of esters is 1.